The second-order valence-corrected chi connectivity index (χ2v) is 6.82. The average Bonchev–Trinajstić information content (AvgIpc) is 2.93. The molecule has 6 nitrogen and oxygen atoms in total. The minimum atomic E-state index is -0.532. The number of nitrogens with zero attached hydrogens (tertiary/aromatic N) is 1. The van der Waals surface area contributed by atoms with Crippen molar-refractivity contribution in [1.29, 1.82) is 0 Å². The van der Waals surface area contributed by atoms with Crippen LogP contribution in [0.4, 0.5) is 9.18 Å². The van der Waals surface area contributed by atoms with Gasteiger partial charge in [-0.25, -0.2) is 9.18 Å². The van der Waals surface area contributed by atoms with Gasteiger partial charge in [0.1, 0.15) is 11.5 Å². The van der Waals surface area contributed by atoms with Crippen molar-refractivity contribution in [2.24, 2.45) is 0 Å². The van der Waals surface area contributed by atoms with Gasteiger partial charge in [-0.3, -0.25) is 9.69 Å². The van der Waals surface area contributed by atoms with E-state index in [0.717, 1.165) is 4.90 Å². The Morgan fingerprint density at radius 1 is 1.18 bits per heavy atom. The van der Waals surface area contributed by atoms with Gasteiger partial charge in [0.05, 0.1) is 20.3 Å². The summed E-state index contributed by atoms with van der Waals surface area (Å²) in [5.74, 6) is 0.238. The van der Waals surface area contributed by atoms with Gasteiger partial charge in [0.15, 0.2) is 11.5 Å². The summed E-state index contributed by atoms with van der Waals surface area (Å²) in [5.41, 5.74) is 1.44. The summed E-state index contributed by atoms with van der Waals surface area (Å²) in [6.07, 6.45) is 1.57. The average molecular weight is 449 g/mol. The molecule has 0 radical (unpaired) electrons. The highest BCUT2D eigenvalue weighted by Gasteiger charge is 2.33. The Balaban J connectivity index is 1.87. The van der Waals surface area contributed by atoms with Gasteiger partial charge in [0, 0.05) is 4.47 Å². The van der Waals surface area contributed by atoms with Gasteiger partial charge in [-0.2, -0.15) is 0 Å². The molecule has 1 heterocycles. The molecule has 1 saturated heterocycles. The van der Waals surface area contributed by atoms with E-state index in [0.29, 0.717) is 33.7 Å². The molecule has 1 N–H and O–H groups in total. The molecule has 1 aliphatic rings. The lowest BCUT2D eigenvalue weighted by molar-refractivity contribution is -0.123. The fourth-order valence-corrected chi connectivity index (χ4v) is 3.17. The summed E-state index contributed by atoms with van der Waals surface area (Å²) < 4.78 is 24.6. The number of carbonyl (C=O) groups excluding carboxylic acids is 2. The maximum Gasteiger partial charge on any atom is 0.329 e. The molecule has 8 heteroatoms. The van der Waals surface area contributed by atoms with Gasteiger partial charge in [-0.05, 0) is 48.4 Å². The Labute approximate surface area is 170 Å². The maximum absolute atomic E-state index is 13.0. The van der Waals surface area contributed by atoms with Crippen LogP contribution >= 0.6 is 15.9 Å². The van der Waals surface area contributed by atoms with Gasteiger partial charge in [-0.15, -0.1) is 0 Å². The van der Waals surface area contributed by atoms with Crippen LogP contribution < -0.4 is 14.8 Å². The highest BCUT2D eigenvalue weighted by molar-refractivity contribution is 9.10. The molecular formula is C20H18BrFN2O4. The molecule has 0 spiro atoms. The molecule has 146 valence electrons. The lowest BCUT2D eigenvalue weighted by atomic mass is 10.1. The normalized spacial score (nSPS) is 15.1. The van der Waals surface area contributed by atoms with E-state index in [2.05, 4.69) is 21.2 Å². The number of nitrogens with one attached hydrogen (secondary N) is 1. The fourth-order valence-electron chi connectivity index (χ4n) is 2.73. The minimum absolute atomic E-state index is 0.0518. The molecule has 1 fully saturated rings. The molecular weight excluding hydrogens is 431 g/mol. The first-order valence-corrected chi connectivity index (χ1v) is 9.31. The van der Waals surface area contributed by atoms with Crippen molar-refractivity contribution in [3.05, 3.63) is 63.5 Å². The molecule has 0 saturated carbocycles. The Hall–Kier alpha value is -2.87. The third-order valence-electron chi connectivity index (χ3n) is 4.10. The SMILES string of the molecule is CCOc1cc(C=C2NC(=O)N(Cc3ccc(F)cc3)C2=O)c(Br)cc1OC. The maximum atomic E-state index is 13.0. The van der Waals surface area contributed by atoms with E-state index < -0.39 is 11.9 Å². The van der Waals surface area contributed by atoms with Crippen molar-refractivity contribution in [3.8, 4) is 11.5 Å². The third-order valence-corrected chi connectivity index (χ3v) is 4.79. The number of urea groups is 1. The van der Waals surface area contributed by atoms with Gasteiger partial charge in [0.2, 0.25) is 0 Å². The third kappa shape index (κ3) is 4.17. The zero-order valence-corrected chi connectivity index (χ0v) is 16.9. The van der Waals surface area contributed by atoms with Crippen LogP contribution in [0.25, 0.3) is 6.08 Å². The Morgan fingerprint density at radius 2 is 1.89 bits per heavy atom. The highest BCUT2D eigenvalue weighted by Crippen LogP contribution is 2.35. The topological polar surface area (TPSA) is 67.9 Å². The first-order valence-electron chi connectivity index (χ1n) is 8.52. The van der Waals surface area contributed by atoms with Crippen LogP contribution in [0.15, 0.2) is 46.6 Å². The zero-order valence-electron chi connectivity index (χ0n) is 15.3. The number of ether oxygens (including phenoxy) is 2. The summed E-state index contributed by atoms with van der Waals surface area (Å²) >= 11 is 3.44. The van der Waals surface area contributed by atoms with Crippen molar-refractivity contribution >= 4 is 33.9 Å². The largest absolute Gasteiger partial charge is 0.493 e. The molecule has 2 aromatic rings. The van der Waals surface area contributed by atoms with Gasteiger partial charge >= 0.3 is 6.03 Å². The molecule has 0 bridgehead atoms. The number of imide groups is 1. The lowest BCUT2D eigenvalue weighted by Gasteiger charge is -2.12. The van der Waals surface area contributed by atoms with Gasteiger partial charge in [-0.1, -0.05) is 28.1 Å². The van der Waals surface area contributed by atoms with Crippen molar-refractivity contribution in [3.63, 3.8) is 0 Å². The summed E-state index contributed by atoms with van der Waals surface area (Å²) in [7, 11) is 1.54. The summed E-state index contributed by atoms with van der Waals surface area (Å²) in [6.45, 7) is 2.36. The lowest BCUT2D eigenvalue weighted by Crippen LogP contribution is -2.30. The molecule has 0 aromatic heterocycles. The smallest absolute Gasteiger partial charge is 0.329 e. The Kier molecular flexibility index (Phi) is 5.99. The fraction of sp³-hybridized carbons (Fsp3) is 0.200. The predicted octanol–water partition coefficient (Wildman–Crippen LogP) is 4.09. The second-order valence-electron chi connectivity index (χ2n) is 5.96. The first-order chi connectivity index (χ1) is 13.4. The highest BCUT2D eigenvalue weighted by atomic mass is 79.9. The van der Waals surface area contributed by atoms with E-state index in [1.165, 1.54) is 31.4 Å². The van der Waals surface area contributed by atoms with E-state index in [1.807, 2.05) is 6.92 Å². The predicted molar refractivity (Wildman–Crippen MR) is 105 cm³/mol. The number of carbonyl (C=O) groups is 2. The van der Waals surface area contributed by atoms with Crippen LogP contribution in [0.3, 0.4) is 0 Å². The first kappa shape index (κ1) is 19.9. The summed E-state index contributed by atoms with van der Waals surface area (Å²) in [4.78, 5) is 26.0. The molecule has 0 aliphatic carbocycles. The Morgan fingerprint density at radius 3 is 2.54 bits per heavy atom. The second kappa shape index (κ2) is 8.43. The standard InChI is InChI=1S/C20H18BrFN2O4/c1-3-28-18-9-13(15(21)10-17(18)27-2)8-16-19(25)24(20(26)23-16)11-12-4-6-14(22)7-5-12/h4-10H,3,11H2,1-2H3,(H,23,26). The van der Waals surface area contributed by atoms with Crippen LogP contribution in [0.5, 0.6) is 11.5 Å². The van der Waals surface area contributed by atoms with Crippen molar-refractivity contribution in [2.75, 3.05) is 13.7 Å². The van der Waals surface area contributed by atoms with Crippen LogP contribution in [0.1, 0.15) is 18.1 Å². The number of rotatable bonds is 6. The number of hydrogen-bond acceptors (Lipinski definition) is 4. The molecule has 2 aromatic carbocycles. The number of benzene rings is 2. The minimum Gasteiger partial charge on any atom is -0.493 e. The van der Waals surface area contributed by atoms with Crippen LogP contribution in [0.2, 0.25) is 0 Å². The summed E-state index contributed by atoms with van der Waals surface area (Å²) in [6, 6.07) is 8.56. The van der Waals surface area contributed by atoms with Crippen molar-refractivity contribution in [2.45, 2.75) is 13.5 Å². The molecule has 0 unspecified atom stereocenters. The number of hydrogen-bond donors (Lipinski definition) is 1. The van der Waals surface area contributed by atoms with Gasteiger partial charge in [0.25, 0.3) is 5.91 Å². The van der Waals surface area contributed by atoms with E-state index in [9.17, 15) is 14.0 Å². The Bertz CT molecular complexity index is 944. The van der Waals surface area contributed by atoms with E-state index >= 15 is 0 Å². The molecule has 1 aliphatic heterocycles. The molecule has 28 heavy (non-hydrogen) atoms. The monoisotopic (exact) mass is 448 g/mol. The summed E-state index contributed by atoms with van der Waals surface area (Å²) in [5, 5.41) is 2.57. The van der Waals surface area contributed by atoms with Crippen LogP contribution in [-0.2, 0) is 11.3 Å². The van der Waals surface area contributed by atoms with Gasteiger partial charge < -0.3 is 14.8 Å². The van der Waals surface area contributed by atoms with E-state index in [-0.39, 0.29) is 18.1 Å². The number of methoxy groups -OCH3 is 1. The zero-order chi connectivity index (χ0) is 20.3. The quantitative estimate of drug-likeness (QED) is 0.533. The number of amides is 3. The van der Waals surface area contributed by atoms with Crippen LogP contribution in [0, 0.1) is 5.82 Å². The van der Waals surface area contributed by atoms with E-state index in [1.54, 1.807) is 18.2 Å². The molecule has 3 amide bonds. The van der Waals surface area contributed by atoms with E-state index in [4.69, 9.17) is 9.47 Å². The van der Waals surface area contributed by atoms with Crippen LogP contribution in [-0.4, -0.2) is 30.6 Å². The number of halogens is 2. The van der Waals surface area contributed by atoms with Crippen molar-refractivity contribution < 1.29 is 23.5 Å². The molecule has 3 rings (SSSR count). The van der Waals surface area contributed by atoms with Crippen molar-refractivity contribution in [1.82, 2.24) is 10.2 Å². The molecule has 0 atom stereocenters.